The summed E-state index contributed by atoms with van der Waals surface area (Å²) in [5.74, 6) is 1.29. The van der Waals surface area contributed by atoms with Crippen molar-refractivity contribution in [2.75, 3.05) is 17.2 Å². The summed E-state index contributed by atoms with van der Waals surface area (Å²) in [7, 11) is 0. The van der Waals surface area contributed by atoms with Crippen molar-refractivity contribution in [2.45, 2.75) is 13.8 Å². The van der Waals surface area contributed by atoms with Gasteiger partial charge in [-0.1, -0.05) is 17.7 Å². The molecule has 1 aromatic heterocycles. The predicted molar refractivity (Wildman–Crippen MR) is 83.4 cm³/mol. The van der Waals surface area contributed by atoms with Crippen molar-refractivity contribution < 1.29 is 0 Å². The van der Waals surface area contributed by atoms with Crippen LogP contribution in [0.2, 0.25) is 5.02 Å². The first-order valence-electron chi connectivity index (χ1n) is 5.89. The standard InChI is InChI=1S/C13H14BrClN4/c1-3-16-13-17-7-10(14)12(19-13)18-9-5-4-8(2)11(15)6-9/h4-7H,3H2,1-2H3,(H2,16,17,18,19). The monoisotopic (exact) mass is 340 g/mol. The average molecular weight is 342 g/mol. The number of aromatic nitrogens is 2. The lowest BCUT2D eigenvalue weighted by Gasteiger charge is -2.10. The Labute approximate surface area is 125 Å². The zero-order valence-corrected chi connectivity index (χ0v) is 13.0. The van der Waals surface area contributed by atoms with E-state index in [9.17, 15) is 0 Å². The van der Waals surface area contributed by atoms with Gasteiger partial charge < -0.3 is 10.6 Å². The zero-order valence-electron chi connectivity index (χ0n) is 10.7. The smallest absolute Gasteiger partial charge is 0.224 e. The molecule has 19 heavy (non-hydrogen) atoms. The molecule has 2 aromatic rings. The highest BCUT2D eigenvalue weighted by Gasteiger charge is 2.06. The molecule has 0 unspecified atom stereocenters. The van der Waals surface area contributed by atoms with E-state index in [1.165, 1.54) is 0 Å². The van der Waals surface area contributed by atoms with Crippen LogP contribution in [0, 0.1) is 6.92 Å². The maximum atomic E-state index is 6.10. The fourth-order valence-corrected chi connectivity index (χ4v) is 1.98. The molecule has 6 heteroatoms. The number of hydrogen-bond donors (Lipinski definition) is 2. The van der Waals surface area contributed by atoms with Crippen LogP contribution in [-0.2, 0) is 0 Å². The summed E-state index contributed by atoms with van der Waals surface area (Å²) in [5, 5.41) is 7.01. The Hall–Kier alpha value is -1.33. The molecular weight excluding hydrogens is 328 g/mol. The van der Waals surface area contributed by atoms with Gasteiger partial charge in [-0.3, -0.25) is 0 Å². The Bertz CT molecular complexity index is 589. The van der Waals surface area contributed by atoms with Gasteiger partial charge in [0.15, 0.2) is 0 Å². The number of nitrogens with one attached hydrogen (secondary N) is 2. The first kappa shape index (κ1) is 14.1. The largest absolute Gasteiger partial charge is 0.354 e. The van der Waals surface area contributed by atoms with Gasteiger partial charge in [-0.15, -0.1) is 0 Å². The van der Waals surface area contributed by atoms with Gasteiger partial charge in [-0.05, 0) is 47.5 Å². The summed E-state index contributed by atoms with van der Waals surface area (Å²) in [4.78, 5) is 8.55. The summed E-state index contributed by atoms with van der Waals surface area (Å²) >= 11 is 9.53. The third kappa shape index (κ3) is 3.58. The van der Waals surface area contributed by atoms with Crippen molar-refractivity contribution >= 4 is 45.0 Å². The normalized spacial score (nSPS) is 10.3. The van der Waals surface area contributed by atoms with Crippen LogP contribution >= 0.6 is 27.5 Å². The van der Waals surface area contributed by atoms with E-state index in [1.807, 2.05) is 32.0 Å². The Morgan fingerprint density at radius 1 is 1.37 bits per heavy atom. The molecule has 0 amide bonds. The minimum Gasteiger partial charge on any atom is -0.354 e. The molecule has 0 aliphatic heterocycles. The second-order valence-corrected chi connectivity index (χ2v) is 5.27. The lowest BCUT2D eigenvalue weighted by atomic mass is 10.2. The highest BCUT2D eigenvalue weighted by Crippen LogP contribution is 2.26. The van der Waals surface area contributed by atoms with Crippen LogP contribution in [0.4, 0.5) is 17.5 Å². The molecule has 0 bridgehead atoms. The van der Waals surface area contributed by atoms with E-state index in [2.05, 4.69) is 36.5 Å². The SMILES string of the molecule is CCNc1ncc(Br)c(Nc2ccc(C)c(Cl)c2)n1. The average Bonchev–Trinajstić information content (AvgIpc) is 2.38. The van der Waals surface area contributed by atoms with E-state index in [0.717, 1.165) is 27.3 Å². The van der Waals surface area contributed by atoms with Crippen LogP contribution in [0.5, 0.6) is 0 Å². The predicted octanol–water partition coefficient (Wildman–Crippen LogP) is 4.38. The van der Waals surface area contributed by atoms with Crippen molar-refractivity contribution in [2.24, 2.45) is 0 Å². The topological polar surface area (TPSA) is 49.8 Å². The molecule has 0 radical (unpaired) electrons. The minimum absolute atomic E-state index is 0.589. The van der Waals surface area contributed by atoms with Gasteiger partial charge in [0.25, 0.3) is 0 Å². The van der Waals surface area contributed by atoms with Crippen molar-refractivity contribution in [3.05, 3.63) is 39.5 Å². The molecule has 1 aromatic carbocycles. The van der Waals surface area contributed by atoms with Crippen LogP contribution in [-0.4, -0.2) is 16.5 Å². The summed E-state index contributed by atoms with van der Waals surface area (Å²) in [6.07, 6.45) is 1.71. The van der Waals surface area contributed by atoms with Gasteiger partial charge >= 0.3 is 0 Å². The van der Waals surface area contributed by atoms with E-state index in [4.69, 9.17) is 11.6 Å². The van der Waals surface area contributed by atoms with Crippen molar-refractivity contribution in [3.63, 3.8) is 0 Å². The minimum atomic E-state index is 0.589. The summed E-state index contributed by atoms with van der Waals surface area (Å²) in [6, 6.07) is 5.80. The van der Waals surface area contributed by atoms with Crippen LogP contribution < -0.4 is 10.6 Å². The quantitative estimate of drug-likeness (QED) is 0.866. The second kappa shape index (κ2) is 6.21. The molecule has 2 N–H and O–H groups in total. The summed E-state index contributed by atoms with van der Waals surface area (Å²) < 4.78 is 0.797. The number of hydrogen-bond acceptors (Lipinski definition) is 4. The summed E-state index contributed by atoms with van der Waals surface area (Å²) in [6.45, 7) is 4.74. The number of nitrogens with zero attached hydrogens (tertiary/aromatic N) is 2. The third-order valence-electron chi connectivity index (χ3n) is 2.51. The van der Waals surface area contributed by atoms with E-state index in [0.29, 0.717) is 11.8 Å². The van der Waals surface area contributed by atoms with Gasteiger partial charge in [-0.25, -0.2) is 4.98 Å². The molecule has 2 rings (SSSR count). The molecule has 0 aliphatic carbocycles. The molecular formula is C13H14BrClN4. The lowest BCUT2D eigenvalue weighted by Crippen LogP contribution is -2.04. The van der Waals surface area contributed by atoms with Crippen LogP contribution in [0.1, 0.15) is 12.5 Å². The fourth-order valence-electron chi connectivity index (χ4n) is 1.51. The highest BCUT2D eigenvalue weighted by atomic mass is 79.9. The molecule has 0 spiro atoms. The first-order chi connectivity index (χ1) is 9.10. The van der Waals surface area contributed by atoms with Gasteiger partial charge in [0.2, 0.25) is 5.95 Å². The molecule has 4 nitrogen and oxygen atoms in total. The van der Waals surface area contributed by atoms with Gasteiger partial charge in [0.05, 0.1) is 4.47 Å². The first-order valence-corrected chi connectivity index (χ1v) is 7.07. The maximum Gasteiger partial charge on any atom is 0.224 e. The van der Waals surface area contributed by atoms with E-state index in [-0.39, 0.29) is 0 Å². The number of aryl methyl sites for hydroxylation is 1. The van der Waals surface area contributed by atoms with E-state index in [1.54, 1.807) is 6.20 Å². The van der Waals surface area contributed by atoms with Gasteiger partial charge in [0, 0.05) is 23.5 Å². The maximum absolute atomic E-state index is 6.10. The third-order valence-corrected chi connectivity index (χ3v) is 3.50. The van der Waals surface area contributed by atoms with Crippen molar-refractivity contribution in [1.82, 2.24) is 9.97 Å². The molecule has 0 fully saturated rings. The molecule has 1 heterocycles. The second-order valence-electron chi connectivity index (χ2n) is 4.01. The summed E-state index contributed by atoms with van der Waals surface area (Å²) in [5.41, 5.74) is 1.93. The van der Waals surface area contributed by atoms with Crippen LogP contribution in [0.25, 0.3) is 0 Å². The number of anilines is 3. The van der Waals surface area contributed by atoms with Crippen LogP contribution in [0.3, 0.4) is 0 Å². The Kier molecular flexibility index (Phi) is 4.61. The lowest BCUT2D eigenvalue weighted by molar-refractivity contribution is 1.08. The molecule has 100 valence electrons. The van der Waals surface area contributed by atoms with E-state index < -0.39 is 0 Å². The van der Waals surface area contributed by atoms with Gasteiger partial charge in [-0.2, -0.15) is 4.98 Å². The molecule has 0 saturated heterocycles. The van der Waals surface area contributed by atoms with Crippen LogP contribution in [0.15, 0.2) is 28.9 Å². The zero-order chi connectivity index (χ0) is 13.8. The Morgan fingerprint density at radius 2 is 2.16 bits per heavy atom. The molecule has 0 atom stereocenters. The van der Waals surface area contributed by atoms with Crippen molar-refractivity contribution in [3.8, 4) is 0 Å². The number of rotatable bonds is 4. The Balaban J connectivity index is 2.26. The van der Waals surface area contributed by atoms with Gasteiger partial charge in [0.1, 0.15) is 5.82 Å². The number of benzene rings is 1. The number of halogens is 2. The highest BCUT2D eigenvalue weighted by molar-refractivity contribution is 9.10. The van der Waals surface area contributed by atoms with E-state index >= 15 is 0 Å². The molecule has 0 aliphatic rings. The van der Waals surface area contributed by atoms with Crippen molar-refractivity contribution in [1.29, 1.82) is 0 Å². The fraction of sp³-hybridized carbons (Fsp3) is 0.231. The molecule has 0 saturated carbocycles. The Morgan fingerprint density at radius 3 is 2.84 bits per heavy atom.